The van der Waals surface area contributed by atoms with Gasteiger partial charge >= 0.3 is 18.0 Å². The molecule has 0 fully saturated rings. The lowest BCUT2D eigenvalue weighted by Crippen LogP contribution is -2.51. The maximum atomic E-state index is 12.2. The van der Waals surface area contributed by atoms with Gasteiger partial charge in [0.2, 0.25) is 10.0 Å². The minimum atomic E-state index is -3.69. The number of carbonyl (C=O) groups is 3. The Morgan fingerprint density at radius 2 is 1.41 bits per heavy atom. The number of aliphatic hydroxyl groups is 2. The van der Waals surface area contributed by atoms with Crippen LogP contribution in [0.2, 0.25) is 0 Å². The minimum absolute atomic E-state index is 0.0128. The van der Waals surface area contributed by atoms with E-state index in [4.69, 9.17) is 15.3 Å². The lowest BCUT2D eigenvalue weighted by molar-refractivity contribution is -0.140. The SMILES string of the molecule is O=C(N[C@@H](CCCCNS(=O)(=O)c1ccc(I)cc1)C(=O)O)N[C@H](CCC(O)O)C(=O)O. The first-order valence-electron chi connectivity index (χ1n) is 9.56. The summed E-state index contributed by atoms with van der Waals surface area (Å²) in [7, 11) is -3.69. The van der Waals surface area contributed by atoms with Crippen LogP contribution in [0.15, 0.2) is 29.2 Å². The van der Waals surface area contributed by atoms with Gasteiger partial charge in [0.15, 0.2) is 6.29 Å². The van der Waals surface area contributed by atoms with Crippen molar-refractivity contribution in [2.24, 2.45) is 0 Å². The minimum Gasteiger partial charge on any atom is -0.480 e. The molecule has 1 rings (SSSR count). The van der Waals surface area contributed by atoms with E-state index in [1.807, 2.05) is 0 Å². The molecule has 2 atom stereocenters. The third-order valence-electron chi connectivity index (χ3n) is 4.26. The number of halogens is 1. The number of carboxylic acid groups (broad SMARTS) is 2. The van der Waals surface area contributed by atoms with Gasteiger partial charge in [0.05, 0.1) is 4.90 Å². The molecule has 0 aliphatic heterocycles. The van der Waals surface area contributed by atoms with Crippen LogP contribution in [-0.4, -0.2) is 71.7 Å². The smallest absolute Gasteiger partial charge is 0.326 e. The maximum Gasteiger partial charge on any atom is 0.326 e. The van der Waals surface area contributed by atoms with Gasteiger partial charge in [-0.3, -0.25) is 0 Å². The normalized spacial score (nSPS) is 13.4. The van der Waals surface area contributed by atoms with Gasteiger partial charge in [0, 0.05) is 16.5 Å². The zero-order chi connectivity index (χ0) is 24.3. The van der Waals surface area contributed by atoms with Gasteiger partial charge < -0.3 is 31.1 Å². The number of urea groups is 1. The summed E-state index contributed by atoms with van der Waals surface area (Å²) >= 11 is 2.05. The molecule has 180 valence electrons. The topological polar surface area (TPSA) is 202 Å². The number of carbonyl (C=O) groups excluding carboxylic acids is 1. The molecule has 0 spiro atoms. The third kappa shape index (κ3) is 10.5. The van der Waals surface area contributed by atoms with Crippen LogP contribution < -0.4 is 15.4 Å². The standard InChI is InChI=1S/C18H26IN3O9S/c19-11-4-6-12(7-5-11)32(30,31)20-10-2-1-3-13(16(25)26)21-18(29)22-14(17(27)28)8-9-15(23)24/h4-7,13-15,20,23-24H,1-3,8-10H2,(H,25,26)(H,27,28)(H2,21,22,29)/t13-,14+/m0/s1. The van der Waals surface area contributed by atoms with Crippen molar-refractivity contribution in [2.45, 2.75) is 55.4 Å². The Kier molecular flexibility index (Phi) is 11.8. The van der Waals surface area contributed by atoms with E-state index < -0.39 is 46.4 Å². The molecule has 0 saturated carbocycles. The average molecular weight is 587 g/mol. The molecule has 14 heteroatoms. The van der Waals surface area contributed by atoms with Crippen molar-refractivity contribution in [3.8, 4) is 0 Å². The van der Waals surface area contributed by atoms with Crippen LogP contribution in [0.5, 0.6) is 0 Å². The van der Waals surface area contributed by atoms with Crippen molar-refractivity contribution in [3.05, 3.63) is 27.8 Å². The van der Waals surface area contributed by atoms with Crippen molar-refractivity contribution in [1.82, 2.24) is 15.4 Å². The Hall–Kier alpha value is -2.01. The maximum absolute atomic E-state index is 12.2. The van der Waals surface area contributed by atoms with Crippen LogP contribution >= 0.6 is 22.6 Å². The highest BCUT2D eigenvalue weighted by Gasteiger charge is 2.24. The van der Waals surface area contributed by atoms with Gasteiger partial charge in [-0.1, -0.05) is 0 Å². The van der Waals surface area contributed by atoms with Crippen LogP contribution in [0.3, 0.4) is 0 Å². The summed E-state index contributed by atoms with van der Waals surface area (Å²) in [6, 6.07) is 2.48. The van der Waals surface area contributed by atoms with E-state index in [9.17, 15) is 27.9 Å². The molecule has 0 bridgehead atoms. The van der Waals surface area contributed by atoms with E-state index in [0.29, 0.717) is 6.42 Å². The Balaban J connectivity index is 2.47. The number of amides is 2. The molecule has 2 amide bonds. The number of aliphatic hydroxyl groups excluding tert-OH is 1. The zero-order valence-electron chi connectivity index (χ0n) is 16.9. The van der Waals surface area contributed by atoms with Crippen LogP contribution in [0.25, 0.3) is 0 Å². The van der Waals surface area contributed by atoms with Crippen LogP contribution in [0.1, 0.15) is 32.1 Å². The molecular weight excluding hydrogens is 561 g/mol. The molecule has 12 nitrogen and oxygen atoms in total. The molecule has 0 aliphatic carbocycles. The number of aliphatic carboxylic acids is 2. The molecule has 32 heavy (non-hydrogen) atoms. The quantitative estimate of drug-likeness (QED) is 0.0891. The van der Waals surface area contributed by atoms with Gasteiger partial charge in [-0.25, -0.2) is 27.5 Å². The second-order valence-corrected chi connectivity index (χ2v) is 9.82. The van der Waals surface area contributed by atoms with Crippen LogP contribution in [0, 0.1) is 3.57 Å². The van der Waals surface area contributed by atoms with Gasteiger partial charge in [-0.15, -0.1) is 0 Å². The Bertz CT molecular complexity index is 878. The number of benzene rings is 1. The van der Waals surface area contributed by atoms with Crippen LogP contribution in [-0.2, 0) is 19.6 Å². The first-order chi connectivity index (χ1) is 14.9. The number of rotatable bonds is 14. The Morgan fingerprint density at radius 3 is 1.91 bits per heavy atom. The highest BCUT2D eigenvalue weighted by molar-refractivity contribution is 14.1. The number of hydrogen-bond acceptors (Lipinski definition) is 7. The second-order valence-electron chi connectivity index (χ2n) is 6.80. The Morgan fingerprint density at radius 1 is 0.875 bits per heavy atom. The molecule has 0 radical (unpaired) electrons. The van der Waals surface area contributed by atoms with E-state index >= 15 is 0 Å². The number of sulfonamides is 1. The largest absolute Gasteiger partial charge is 0.480 e. The lowest BCUT2D eigenvalue weighted by Gasteiger charge is -2.19. The molecule has 1 aromatic rings. The van der Waals surface area contributed by atoms with Crippen molar-refractivity contribution in [3.63, 3.8) is 0 Å². The van der Waals surface area contributed by atoms with Gasteiger partial charge in [-0.2, -0.15) is 0 Å². The highest BCUT2D eigenvalue weighted by Crippen LogP contribution is 2.12. The number of unbranched alkanes of at least 4 members (excludes halogenated alkanes) is 1. The fourth-order valence-corrected chi connectivity index (χ4v) is 4.00. The van der Waals surface area contributed by atoms with E-state index in [2.05, 4.69) is 37.9 Å². The first kappa shape index (κ1) is 28.0. The fraction of sp³-hybridized carbons (Fsp3) is 0.500. The molecule has 0 aromatic heterocycles. The third-order valence-corrected chi connectivity index (χ3v) is 6.45. The van der Waals surface area contributed by atoms with Crippen molar-refractivity contribution < 1.29 is 43.2 Å². The molecule has 0 saturated heterocycles. The number of hydrogen-bond donors (Lipinski definition) is 7. The van der Waals surface area contributed by atoms with E-state index in [-0.39, 0.29) is 37.1 Å². The molecule has 0 unspecified atom stereocenters. The van der Waals surface area contributed by atoms with Crippen molar-refractivity contribution in [1.29, 1.82) is 0 Å². The highest BCUT2D eigenvalue weighted by atomic mass is 127. The lowest BCUT2D eigenvalue weighted by atomic mass is 10.1. The average Bonchev–Trinajstić information content (AvgIpc) is 2.69. The summed E-state index contributed by atoms with van der Waals surface area (Å²) in [5, 5.41) is 40.2. The summed E-state index contributed by atoms with van der Waals surface area (Å²) in [6.45, 7) is 0.0669. The monoisotopic (exact) mass is 587 g/mol. The summed E-state index contributed by atoms with van der Waals surface area (Å²) in [6.07, 6.45) is -1.73. The van der Waals surface area contributed by atoms with E-state index in [1.54, 1.807) is 12.1 Å². The molecular formula is C18H26IN3O9S. The predicted octanol–water partition coefficient (Wildman–Crippen LogP) is 0.0363. The van der Waals surface area contributed by atoms with E-state index in [0.717, 1.165) is 3.57 Å². The fourth-order valence-electron chi connectivity index (χ4n) is 2.57. The summed E-state index contributed by atoms with van der Waals surface area (Å²) in [5.41, 5.74) is 0. The predicted molar refractivity (Wildman–Crippen MR) is 120 cm³/mol. The second kappa shape index (κ2) is 13.5. The van der Waals surface area contributed by atoms with Crippen LogP contribution in [0.4, 0.5) is 4.79 Å². The van der Waals surface area contributed by atoms with Gasteiger partial charge in [-0.05, 0) is 72.5 Å². The molecule has 0 aliphatic rings. The summed E-state index contributed by atoms with van der Waals surface area (Å²) < 4.78 is 27.7. The van der Waals surface area contributed by atoms with Gasteiger partial charge in [0.25, 0.3) is 0 Å². The molecule has 1 aromatic carbocycles. The molecule has 0 heterocycles. The molecule has 7 N–H and O–H groups in total. The number of carboxylic acids is 2. The summed E-state index contributed by atoms with van der Waals surface area (Å²) in [4.78, 5) is 34.6. The Labute approximate surface area is 198 Å². The van der Waals surface area contributed by atoms with Crippen molar-refractivity contribution in [2.75, 3.05) is 6.54 Å². The van der Waals surface area contributed by atoms with Crippen molar-refractivity contribution >= 4 is 50.6 Å². The zero-order valence-corrected chi connectivity index (χ0v) is 19.9. The van der Waals surface area contributed by atoms with Gasteiger partial charge in [0.1, 0.15) is 12.1 Å². The first-order valence-corrected chi connectivity index (χ1v) is 12.1. The summed E-state index contributed by atoms with van der Waals surface area (Å²) in [5.74, 6) is -2.75. The number of nitrogens with one attached hydrogen (secondary N) is 3. The van der Waals surface area contributed by atoms with E-state index in [1.165, 1.54) is 12.1 Å².